The van der Waals surface area contributed by atoms with E-state index in [1.54, 1.807) is 5.57 Å². The Morgan fingerprint density at radius 1 is 0.574 bits per heavy atom. The highest BCUT2D eigenvalue weighted by Gasteiger charge is 2.85. The largest absolute Gasteiger partial charge is 0.318 e. The lowest BCUT2D eigenvalue weighted by molar-refractivity contribution is 0.372. The third kappa shape index (κ3) is 5.21. The van der Waals surface area contributed by atoms with Crippen LogP contribution < -0.4 is 9.80 Å². The van der Waals surface area contributed by atoms with Crippen LogP contribution in [0.2, 0.25) is 0 Å². The SMILES string of the molecule is C/C=C\C=C(/C)N(C1=CC2=C(C[C@@H]1C)C13CC1(c1ccccc12)c1ccc(N(c2ccccc2)c2ccccc2)cc1C3(c1ccccc1)c1ccccc1)c1ccccc1. The Morgan fingerprint density at radius 3 is 1.70 bits per heavy atom. The third-order valence-corrected chi connectivity index (χ3v) is 14.3. The van der Waals surface area contributed by atoms with Crippen molar-refractivity contribution in [3.05, 3.63) is 269 Å². The first-order chi connectivity index (χ1) is 30.0. The van der Waals surface area contributed by atoms with Crippen molar-refractivity contribution in [1.82, 2.24) is 0 Å². The van der Waals surface area contributed by atoms with Gasteiger partial charge in [0.1, 0.15) is 0 Å². The maximum atomic E-state index is 2.58. The van der Waals surface area contributed by atoms with E-state index in [9.17, 15) is 0 Å². The molecule has 0 aliphatic heterocycles. The summed E-state index contributed by atoms with van der Waals surface area (Å²) in [6.07, 6.45) is 11.1. The molecule has 2 nitrogen and oxygen atoms in total. The summed E-state index contributed by atoms with van der Waals surface area (Å²) in [5, 5.41) is 0. The number of rotatable bonds is 9. The van der Waals surface area contributed by atoms with Gasteiger partial charge in [-0.15, -0.1) is 0 Å². The number of nitrogens with zero attached hydrogens (tertiary/aromatic N) is 2. The van der Waals surface area contributed by atoms with Crippen molar-refractivity contribution in [2.45, 2.75) is 44.4 Å². The van der Waals surface area contributed by atoms with Gasteiger partial charge in [0.15, 0.2) is 0 Å². The Bertz CT molecular complexity index is 2810. The fourth-order valence-electron chi connectivity index (χ4n) is 12.1. The molecule has 2 heteroatoms. The average Bonchev–Trinajstić information content (AvgIpc) is 3.98. The molecule has 4 aliphatic carbocycles. The molecule has 0 N–H and O–H groups in total. The molecule has 7 aromatic carbocycles. The summed E-state index contributed by atoms with van der Waals surface area (Å²) < 4.78 is 0. The molecule has 0 amide bonds. The minimum atomic E-state index is -0.472. The van der Waals surface area contributed by atoms with Crippen LogP contribution >= 0.6 is 0 Å². The number of para-hydroxylation sites is 3. The van der Waals surface area contributed by atoms with Crippen molar-refractivity contribution in [3.8, 4) is 0 Å². The van der Waals surface area contributed by atoms with E-state index in [4.69, 9.17) is 0 Å². The minimum absolute atomic E-state index is 0.196. The standard InChI is InChI=1S/C59H50N2/c1-4-5-23-43(3)60(46-28-15-8-16-29-46)56-40-51-50-34-21-22-35-52(50)57-41-58(57,54(51)38-42(56)2)59(44-24-11-6-12-25-44,45-26-13-7-14-27-45)55-39-49(36-37-53(55)57)61(47-30-17-9-18-31-47)48-32-19-10-20-33-48/h4-37,39-40,42H,38,41H2,1-3H3/b5-4-,43-23+/t42-,57?,58?/m0/s1. The lowest BCUT2D eigenvalue weighted by Gasteiger charge is -2.47. The summed E-state index contributed by atoms with van der Waals surface area (Å²) in [6.45, 7) is 6.80. The van der Waals surface area contributed by atoms with Gasteiger partial charge in [-0.25, -0.2) is 0 Å². The molecule has 296 valence electrons. The van der Waals surface area contributed by atoms with Gasteiger partial charge >= 0.3 is 0 Å². The molecule has 0 saturated heterocycles. The zero-order chi connectivity index (χ0) is 41.2. The van der Waals surface area contributed by atoms with Crippen LogP contribution in [-0.2, 0) is 10.8 Å². The van der Waals surface area contributed by atoms with Gasteiger partial charge in [0.05, 0.1) is 5.41 Å². The first kappa shape index (κ1) is 37.1. The number of fused-ring (bicyclic) bond motifs is 3. The van der Waals surface area contributed by atoms with Crippen LogP contribution in [-0.4, -0.2) is 0 Å². The Balaban J connectivity index is 1.23. The van der Waals surface area contributed by atoms with E-state index in [-0.39, 0.29) is 16.7 Å². The summed E-state index contributed by atoms with van der Waals surface area (Å²) in [5.41, 5.74) is 17.7. The lowest BCUT2D eigenvalue weighted by atomic mass is 9.55. The van der Waals surface area contributed by atoms with E-state index in [1.807, 2.05) is 0 Å². The van der Waals surface area contributed by atoms with Gasteiger partial charge < -0.3 is 9.80 Å². The van der Waals surface area contributed by atoms with E-state index in [0.717, 1.165) is 24.2 Å². The monoisotopic (exact) mass is 786 g/mol. The molecule has 1 fully saturated rings. The molecule has 7 aromatic rings. The van der Waals surface area contributed by atoms with Gasteiger partial charge in [0.25, 0.3) is 0 Å². The van der Waals surface area contributed by atoms with E-state index < -0.39 is 5.41 Å². The van der Waals surface area contributed by atoms with Gasteiger partial charge in [-0.1, -0.05) is 170 Å². The predicted octanol–water partition coefficient (Wildman–Crippen LogP) is 14.9. The molecule has 2 unspecified atom stereocenters. The summed E-state index contributed by atoms with van der Waals surface area (Å²) in [4.78, 5) is 4.94. The summed E-state index contributed by atoms with van der Waals surface area (Å²) in [7, 11) is 0. The van der Waals surface area contributed by atoms with Crippen molar-refractivity contribution in [2.75, 3.05) is 9.80 Å². The van der Waals surface area contributed by atoms with Crippen molar-refractivity contribution < 1.29 is 0 Å². The van der Waals surface area contributed by atoms with Crippen LogP contribution in [0.25, 0.3) is 5.57 Å². The molecule has 61 heavy (non-hydrogen) atoms. The molecular formula is C59H50N2. The molecule has 3 atom stereocenters. The first-order valence-corrected chi connectivity index (χ1v) is 21.9. The Labute approximate surface area is 361 Å². The number of hydrogen-bond donors (Lipinski definition) is 0. The fourth-order valence-corrected chi connectivity index (χ4v) is 12.1. The summed E-state index contributed by atoms with van der Waals surface area (Å²) >= 11 is 0. The second-order valence-corrected chi connectivity index (χ2v) is 17.3. The van der Waals surface area contributed by atoms with Gasteiger partial charge in [0, 0.05) is 50.9 Å². The molecule has 0 spiro atoms. The van der Waals surface area contributed by atoms with Gasteiger partial charge in [0.2, 0.25) is 0 Å². The first-order valence-electron chi connectivity index (χ1n) is 21.9. The molecule has 0 radical (unpaired) electrons. The lowest BCUT2D eigenvalue weighted by Crippen LogP contribution is -2.43. The van der Waals surface area contributed by atoms with E-state index in [1.165, 1.54) is 61.7 Å². The van der Waals surface area contributed by atoms with Crippen LogP contribution in [0.3, 0.4) is 0 Å². The smallest absolute Gasteiger partial charge is 0.0560 e. The topological polar surface area (TPSA) is 6.48 Å². The van der Waals surface area contributed by atoms with Gasteiger partial charge in [-0.2, -0.15) is 0 Å². The maximum absolute atomic E-state index is 2.58. The normalized spacial score (nSPS) is 21.7. The quantitative estimate of drug-likeness (QED) is 0.135. The van der Waals surface area contributed by atoms with Crippen molar-refractivity contribution in [1.29, 1.82) is 0 Å². The van der Waals surface area contributed by atoms with Crippen LogP contribution in [0, 0.1) is 11.3 Å². The maximum Gasteiger partial charge on any atom is 0.0560 e. The third-order valence-electron chi connectivity index (χ3n) is 14.3. The zero-order valence-corrected chi connectivity index (χ0v) is 35.2. The van der Waals surface area contributed by atoms with Crippen LogP contribution in [0.5, 0.6) is 0 Å². The van der Waals surface area contributed by atoms with Crippen molar-refractivity contribution >= 4 is 28.3 Å². The molecular weight excluding hydrogens is 737 g/mol. The van der Waals surface area contributed by atoms with E-state index >= 15 is 0 Å². The van der Waals surface area contributed by atoms with E-state index in [2.05, 4.69) is 249 Å². The Kier molecular flexibility index (Phi) is 8.75. The van der Waals surface area contributed by atoms with Crippen molar-refractivity contribution in [2.24, 2.45) is 11.3 Å². The minimum Gasteiger partial charge on any atom is -0.318 e. The van der Waals surface area contributed by atoms with Crippen LogP contribution in [0.15, 0.2) is 235 Å². The zero-order valence-electron chi connectivity index (χ0n) is 35.2. The molecule has 1 saturated carbocycles. The number of benzene rings is 7. The Hall–Kier alpha value is -6.90. The van der Waals surface area contributed by atoms with Gasteiger partial charge in [-0.3, -0.25) is 0 Å². The predicted molar refractivity (Wildman–Crippen MR) is 254 cm³/mol. The molecule has 0 heterocycles. The number of anilines is 4. The highest BCUT2D eigenvalue weighted by atomic mass is 15.2. The highest BCUT2D eigenvalue weighted by Crippen LogP contribution is 2.88. The molecule has 11 rings (SSSR count). The van der Waals surface area contributed by atoms with E-state index in [0.29, 0.717) is 0 Å². The number of allylic oxidation sites excluding steroid dienone is 8. The van der Waals surface area contributed by atoms with Gasteiger partial charge in [-0.05, 0) is 126 Å². The average molecular weight is 787 g/mol. The van der Waals surface area contributed by atoms with Crippen molar-refractivity contribution in [3.63, 3.8) is 0 Å². The van der Waals surface area contributed by atoms with Crippen LogP contribution in [0.4, 0.5) is 22.7 Å². The summed E-state index contributed by atoms with van der Waals surface area (Å²) in [5.74, 6) is 0.265. The fraction of sp³-hybridized carbons (Fsp3) is 0.153. The second-order valence-electron chi connectivity index (χ2n) is 17.3. The molecule has 0 bridgehead atoms. The highest BCUT2D eigenvalue weighted by molar-refractivity contribution is 5.94. The Morgan fingerprint density at radius 2 is 1.11 bits per heavy atom. The van der Waals surface area contributed by atoms with Crippen LogP contribution in [0.1, 0.15) is 67.0 Å². The molecule has 4 aliphatic rings. The molecule has 0 aromatic heterocycles. The summed E-state index contributed by atoms with van der Waals surface area (Å²) in [6, 6.07) is 72.6. The second kappa shape index (κ2) is 14.4. The number of hydrogen-bond acceptors (Lipinski definition) is 2.